The first-order valence-corrected chi connectivity index (χ1v) is 11.5. The van der Waals surface area contributed by atoms with E-state index in [1.165, 1.54) is 4.31 Å². The molecule has 0 atom stereocenters. The van der Waals surface area contributed by atoms with Crippen LogP contribution in [0.25, 0.3) is 0 Å². The van der Waals surface area contributed by atoms with Crippen LogP contribution in [-0.2, 0) is 14.8 Å². The van der Waals surface area contributed by atoms with Gasteiger partial charge in [0.25, 0.3) is 5.91 Å². The molecule has 1 aliphatic heterocycles. The highest BCUT2D eigenvalue weighted by Crippen LogP contribution is 2.20. The quantitative estimate of drug-likeness (QED) is 0.580. The van der Waals surface area contributed by atoms with E-state index in [-0.39, 0.29) is 12.5 Å². The lowest BCUT2D eigenvalue weighted by Crippen LogP contribution is -3.15. The average molecular weight is 426 g/mol. The van der Waals surface area contributed by atoms with Gasteiger partial charge in [-0.1, -0.05) is 39.8 Å². The fourth-order valence-corrected chi connectivity index (χ4v) is 4.57. The molecule has 0 unspecified atom stereocenters. The molecular formula is C20H33N4O4S+. The van der Waals surface area contributed by atoms with Crippen molar-refractivity contribution >= 4 is 22.0 Å². The van der Waals surface area contributed by atoms with Crippen LogP contribution < -0.4 is 15.5 Å². The molecule has 0 bridgehead atoms. The molecule has 1 heterocycles. The van der Waals surface area contributed by atoms with Crippen LogP contribution in [0.15, 0.2) is 29.2 Å². The SMILES string of the molecule is CC(C)CNC(=O)NC(=O)C[NH+]1CCN(S(=O)(=O)c2ccc(C(C)C)cc2)CC1. The van der Waals surface area contributed by atoms with Gasteiger partial charge in [0.05, 0.1) is 31.1 Å². The molecule has 1 aromatic rings. The van der Waals surface area contributed by atoms with Crippen molar-refractivity contribution in [2.24, 2.45) is 5.92 Å². The van der Waals surface area contributed by atoms with Crippen LogP contribution >= 0.6 is 0 Å². The van der Waals surface area contributed by atoms with Crippen molar-refractivity contribution in [3.05, 3.63) is 29.8 Å². The van der Waals surface area contributed by atoms with Crippen molar-refractivity contribution in [1.82, 2.24) is 14.9 Å². The molecule has 1 aromatic carbocycles. The van der Waals surface area contributed by atoms with Crippen molar-refractivity contribution in [3.8, 4) is 0 Å². The zero-order valence-corrected chi connectivity index (χ0v) is 18.5. The van der Waals surface area contributed by atoms with Gasteiger partial charge in [0.15, 0.2) is 6.54 Å². The number of quaternary nitrogens is 1. The average Bonchev–Trinajstić information content (AvgIpc) is 2.66. The largest absolute Gasteiger partial charge is 0.338 e. The number of piperazine rings is 1. The highest BCUT2D eigenvalue weighted by atomic mass is 32.2. The van der Waals surface area contributed by atoms with E-state index in [0.717, 1.165) is 10.5 Å². The second-order valence-electron chi connectivity index (χ2n) is 8.21. The molecule has 0 aromatic heterocycles. The smallest absolute Gasteiger partial charge is 0.321 e. The number of amides is 3. The van der Waals surface area contributed by atoms with Crippen molar-refractivity contribution in [1.29, 1.82) is 0 Å². The van der Waals surface area contributed by atoms with E-state index >= 15 is 0 Å². The second kappa shape index (κ2) is 10.2. The van der Waals surface area contributed by atoms with E-state index in [9.17, 15) is 18.0 Å². The Balaban J connectivity index is 1.84. The van der Waals surface area contributed by atoms with Crippen molar-refractivity contribution in [2.75, 3.05) is 39.3 Å². The van der Waals surface area contributed by atoms with Gasteiger partial charge in [0.1, 0.15) is 0 Å². The molecule has 3 N–H and O–H groups in total. The number of carbonyl (C=O) groups excluding carboxylic acids is 2. The Kier molecular flexibility index (Phi) is 8.18. The number of nitrogens with one attached hydrogen (secondary N) is 3. The van der Waals surface area contributed by atoms with Crippen LogP contribution in [0, 0.1) is 5.92 Å². The van der Waals surface area contributed by atoms with Crippen molar-refractivity contribution in [2.45, 2.75) is 38.5 Å². The first-order valence-electron chi connectivity index (χ1n) is 10.1. The fourth-order valence-electron chi connectivity index (χ4n) is 3.13. The standard InChI is InChI=1S/C20H32N4O4S/c1-15(2)13-21-20(26)22-19(25)14-23-9-11-24(12-10-23)29(27,28)18-7-5-17(6-8-18)16(3)4/h5-8,15-16H,9-14H2,1-4H3,(H2,21,22,25,26)/p+1. The molecule has 162 valence electrons. The zero-order chi connectivity index (χ0) is 21.6. The lowest BCUT2D eigenvalue weighted by atomic mass is 10.0. The molecule has 8 nitrogen and oxygen atoms in total. The number of nitrogens with zero attached hydrogens (tertiary/aromatic N) is 1. The molecule has 1 saturated heterocycles. The maximum atomic E-state index is 12.9. The summed E-state index contributed by atoms with van der Waals surface area (Å²) in [4.78, 5) is 24.9. The minimum absolute atomic E-state index is 0.145. The molecule has 0 saturated carbocycles. The third-order valence-corrected chi connectivity index (χ3v) is 6.86. The van der Waals surface area contributed by atoms with Gasteiger partial charge in [-0.2, -0.15) is 4.31 Å². The molecule has 3 amide bonds. The van der Waals surface area contributed by atoms with Gasteiger partial charge in [-0.25, -0.2) is 13.2 Å². The lowest BCUT2D eigenvalue weighted by molar-refractivity contribution is -0.895. The van der Waals surface area contributed by atoms with Gasteiger partial charge in [-0.15, -0.1) is 0 Å². The van der Waals surface area contributed by atoms with Gasteiger partial charge >= 0.3 is 6.03 Å². The van der Waals surface area contributed by atoms with E-state index < -0.39 is 16.1 Å². The number of hydrogen-bond donors (Lipinski definition) is 3. The number of benzene rings is 1. The Hall–Kier alpha value is -1.97. The number of hydrogen-bond acceptors (Lipinski definition) is 4. The molecule has 9 heteroatoms. The Bertz CT molecular complexity index is 798. The van der Waals surface area contributed by atoms with Crippen LogP contribution in [-0.4, -0.2) is 63.9 Å². The number of imide groups is 1. The van der Waals surface area contributed by atoms with E-state index in [1.807, 2.05) is 26.0 Å². The second-order valence-corrected chi connectivity index (χ2v) is 10.1. The van der Waals surface area contributed by atoms with Crippen molar-refractivity contribution in [3.63, 3.8) is 0 Å². The predicted octanol–water partition coefficient (Wildman–Crippen LogP) is 0.181. The van der Waals surface area contributed by atoms with Gasteiger partial charge in [-0.05, 0) is 29.5 Å². The molecule has 2 rings (SSSR count). The number of sulfonamides is 1. The summed E-state index contributed by atoms with van der Waals surface area (Å²) in [6.07, 6.45) is 0. The highest BCUT2D eigenvalue weighted by Gasteiger charge is 2.31. The summed E-state index contributed by atoms with van der Waals surface area (Å²) in [6.45, 7) is 10.4. The molecule has 1 fully saturated rings. The summed E-state index contributed by atoms with van der Waals surface area (Å²) in [6, 6.07) is 6.54. The maximum absolute atomic E-state index is 12.9. The molecule has 0 aliphatic carbocycles. The van der Waals surface area contributed by atoms with E-state index in [2.05, 4.69) is 24.5 Å². The Labute approximate surface area is 173 Å². The summed E-state index contributed by atoms with van der Waals surface area (Å²) in [5.74, 6) is 0.289. The summed E-state index contributed by atoms with van der Waals surface area (Å²) in [5, 5.41) is 4.96. The minimum atomic E-state index is -3.54. The third-order valence-electron chi connectivity index (χ3n) is 4.95. The number of rotatable bonds is 7. The van der Waals surface area contributed by atoms with Crippen molar-refractivity contribution < 1.29 is 22.9 Å². The Morgan fingerprint density at radius 1 is 1.07 bits per heavy atom. The number of urea groups is 1. The van der Waals surface area contributed by atoms with Crippen LogP contribution in [0.5, 0.6) is 0 Å². The van der Waals surface area contributed by atoms with E-state index in [1.54, 1.807) is 12.1 Å². The Morgan fingerprint density at radius 3 is 2.17 bits per heavy atom. The van der Waals surface area contributed by atoms with Gasteiger partial charge in [0, 0.05) is 6.54 Å². The monoisotopic (exact) mass is 425 g/mol. The normalized spacial score (nSPS) is 16.2. The third kappa shape index (κ3) is 6.80. The van der Waals surface area contributed by atoms with Crippen LogP contribution in [0.4, 0.5) is 4.79 Å². The Morgan fingerprint density at radius 2 is 1.66 bits per heavy atom. The molecule has 0 spiro atoms. The zero-order valence-electron chi connectivity index (χ0n) is 17.7. The highest BCUT2D eigenvalue weighted by molar-refractivity contribution is 7.89. The number of carbonyl (C=O) groups is 2. The predicted molar refractivity (Wildman–Crippen MR) is 111 cm³/mol. The van der Waals surface area contributed by atoms with Gasteiger partial charge < -0.3 is 10.2 Å². The minimum Gasteiger partial charge on any atom is -0.338 e. The molecule has 29 heavy (non-hydrogen) atoms. The molecular weight excluding hydrogens is 392 g/mol. The molecule has 1 aliphatic rings. The maximum Gasteiger partial charge on any atom is 0.321 e. The van der Waals surface area contributed by atoms with Gasteiger partial charge in [-0.3, -0.25) is 10.1 Å². The van der Waals surface area contributed by atoms with Crippen LogP contribution in [0.2, 0.25) is 0 Å². The van der Waals surface area contributed by atoms with Crippen LogP contribution in [0.3, 0.4) is 0 Å². The summed E-state index contributed by atoms with van der Waals surface area (Å²) < 4.78 is 27.2. The van der Waals surface area contributed by atoms with Gasteiger partial charge in [0.2, 0.25) is 10.0 Å². The summed E-state index contributed by atoms with van der Waals surface area (Å²) >= 11 is 0. The van der Waals surface area contributed by atoms with E-state index in [4.69, 9.17) is 0 Å². The topological polar surface area (TPSA) is 100 Å². The lowest BCUT2D eigenvalue weighted by Gasteiger charge is -2.31. The summed E-state index contributed by atoms with van der Waals surface area (Å²) in [5.41, 5.74) is 1.10. The first-order chi connectivity index (χ1) is 13.6. The fraction of sp³-hybridized carbons (Fsp3) is 0.600. The van der Waals surface area contributed by atoms with Crippen LogP contribution in [0.1, 0.15) is 39.2 Å². The summed E-state index contributed by atoms with van der Waals surface area (Å²) in [7, 11) is -3.54. The molecule has 0 radical (unpaired) electrons. The first kappa shape index (κ1) is 23.3. The van der Waals surface area contributed by atoms with E-state index in [0.29, 0.717) is 49.5 Å².